The minimum atomic E-state index is -0.746. The molecule has 0 saturated carbocycles. The van der Waals surface area contributed by atoms with Crippen LogP contribution in [0.2, 0.25) is 0 Å². The molecule has 2 unspecified atom stereocenters. The molecule has 356 valence electrons. The van der Waals surface area contributed by atoms with Gasteiger partial charge in [-0.25, -0.2) is 0 Å². The van der Waals surface area contributed by atoms with Crippen LogP contribution < -0.4 is 9.47 Å². The number of phenols is 2. The number of ketones is 1. The highest BCUT2D eigenvalue weighted by molar-refractivity contribution is 5.94. The maximum atomic E-state index is 14.6. The van der Waals surface area contributed by atoms with Crippen molar-refractivity contribution in [3.63, 3.8) is 0 Å². The average Bonchev–Trinajstić information content (AvgIpc) is 4.18. The number of H-pyrrole nitrogens is 2. The zero-order valence-corrected chi connectivity index (χ0v) is 39.6. The normalized spacial score (nSPS) is 12.0. The second-order valence-corrected chi connectivity index (χ2v) is 17.8. The van der Waals surface area contributed by atoms with Crippen LogP contribution in [0, 0.1) is 0 Å². The Bertz CT molecular complexity index is 3200. The molecule has 0 spiro atoms. The van der Waals surface area contributed by atoms with Gasteiger partial charge in [-0.15, -0.1) is 20.4 Å². The molecule has 10 aromatic rings. The summed E-state index contributed by atoms with van der Waals surface area (Å²) in [6, 6.07) is 58.8. The van der Waals surface area contributed by atoms with Crippen LogP contribution in [0.1, 0.15) is 70.2 Å². The van der Waals surface area contributed by atoms with Gasteiger partial charge < -0.3 is 19.7 Å². The Kier molecular flexibility index (Phi) is 13.7. The predicted octanol–water partition coefficient (Wildman–Crippen LogP) is 11.6. The van der Waals surface area contributed by atoms with Gasteiger partial charge in [0.25, 0.3) is 0 Å². The number of nitrogens with one attached hydrogen (secondary N) is 2. The summed E-state index contributed by atoms with van der Waals surface area (Å²) in [5, 5.41) is 52.9. The van der Waals surface area contributed by atoms with E-state index in [2.05, 4.69) is 89.8 Å². The Hall–Kier alpha value is -9.23. The van der Waals surface area contributed by atoms with Crippen LogP contribution in [0.15, 0.2) is 182 Å². The van der Waals surface area contributed by atoms with Gasteiger partial charge in [0.1, 0.15) is 42.0 Å². The molecule has 0 aliphatic rings. The summed E-state index contributed by atoms with van der Waals surface area (Å²) in [5.74, 6) is 0.327. The molecule has 8 aromatic carbocycles. The highest BCUT2D eigenvalue weighted by Crippen LogP contribution is 2.47. The van der Waals surface area contributed by atoms with Crippen LogP contribution >= 0.6 is 0 Å². The van der Waals surface area contributed by atoms with E-state index in [-0.39, 0.29) is 30.5 Å². The van der Waals surface area contributed by atoms with E-state index in [4.69, 9.17) is 9.47 Å². The summed E-state index contributed by atoms with van der Waals surface area (Å²) in [6.07, 6.45) is 1.45. The minimum absolute atomic E-state index is 0.0363. The highest BCUT2D eigenvalue weighted by atomic mass is 16.5. The lowest BCUT2D eigenvalue weighted by atomic mass is 9.83. The van der Waals surface area contributed by atoms with Gasteiger partial charge in [0.2, 0.25) is 11.6 Å². The molecular formula is C59H50N8O5. The van der Waals surface area contributed by atoms with Gasteiger partial charge in [-0.2, -0.15) is 10.4 Å². The fourth-order valence-corrected chi connectivity index (χ4v) is 9.08. The summed E-state index contributed by atoms with van der Waals surface area (Å²) in [5.41, 5.74) is 11.6. The first-order valence-electron chi connectivity index (χ1n) is 23.7. The molecule has 0 aliphatic carbocycles. The quantitative estimate of drug-likeness (QED) is 0.0641. The van der Waals surface area contributed by atoms with Gasteiger partial charge in [0, 0.05) is 34.1 Å². The second-order valence-electron chi connectivity index (χ2n) is 17.8. The summed E-state index contributed by atoms with van der Waals surface area (Å²) in [6.45, 7) is 4.09. The van der Waals surface area contributed by atoms with Gasteiger partial charge in [-0.3, -0.25) is 4.79 Å². The number of hydrogen-bond donors (Lipinski definition) is 4. The first-order chi connectivity index (χ1) is 35.3. The van der Waals surface area contributed by atoms with Gasteiger partial charge in [-0.1, -0.05) is 172 Å². The van der Waals surface area contributed by atoms with Crippen LogP contribution in [0.25, 0.3) is 45.0 Å². The largest absolute Gasteiger partial charge is 0.507 e. The second kappa shape index (κ2) is 21.2. The molecule has 2 heterocycles. The molecule has 2 aromatic heterocycles. The summed E-state index contributed by atoms with van der Waals surface area (Å²) in [7, 11) is 0. The molecular weight excluding hydrogens is 901 g/mol. The van der Waals surface area contributed by atoms with Crippen LogP contribution in [-0.2, 0) is 30.8 Å². The molecule has 0 amide bonds. The Morgan fingerprint density at radius 1 is 0.458 bits per heavy atom. The van der Waals surface area contributed by atoms with E-state index in [1.54, 1.807) is 26.0 Å². The number of tetrazole rings is 2. The van der Waals surface area contributed by atoms with Crippen molar-refractivity contribution >= 4 is 5.78 Å². The monoisotopic (exact) mass is 950 g/mol. The number of carbonyl (C=O) groups is 1. The maximum absolute atomic E-state index is 14.6. The molecule has 0 fully saturated rings. The van der Waals surface area contributed by atoms with Crippen molar-refractivity contribution in [2.75, 3.05) is 0 Å². The standard InChI is InChI=1S/C59H50N8O5/c1-37(49-27-29-51(53(56(49)69)45-13-5-3-6-14-45)71-35-41-23-19-39(20-24-41)31-43-11-9-17-47(33-43)58-60-64-65-61-58)55(68)38(2)50-28-30-52(54(57(50)70)46-15-7-4-8-16-46)72-36-42-25-21-40(22-26-42)32-44-12-10-18-48(34-44)59-62-66-67-63-59/h3-30,33-34,37-38,69-70H,31-32,35-36H2,1-2H3,(H,60,61,64,65)(H,62,63,66,67). The number of carbonyl (C=O) groups excluding carboxylic acids is 1. The number of phenolic OH excluding ortho intramolecular Hbond substituents is 2. The molecule has 0 aliphatic heterocycles. The Balaban J connectivity index is 0.839. The lowest BCUT2D eigenvalue weighted by Crippen LogP contribution is -2.17. The number of hydrogen-bond acceptors (Lipinski definition) is 11. The Labute approximate surface area is 416 Å². The molecule has 4 N–H and O–H groups in total. The van der Waals surface area contributed by atoms with Crippen LogP contribution in [-0.4, -0.2) is 57.2 Å². The molecule has 13 nitrogen and oxygen atoms in total. The Morgan fingerprint density at radius 3 is 1.24 bits per heavy atom. The zero-order valence-electron chi connectivity index (χ0n) is 39.6. The molecule has 13 heteroatoms. The van der Waals surface area contributed by atoms with Crippen molar-refractivity contribution in [3.8, 4) is 68.0 Å². The van der Waals surface area contributed by atoms with Gasteiger partial charge in [-0.05, 0) is 92.0 Å². The van der Waals surface area contributed by atoms with E-state index >= 15 is 0 Å². The number of aromatic amines is 2. The number of nitrogens with zero attached hydrogens (tertiary/aromatic N) is 6. The summed E-state index contributed by atoms with van der Waals surface area (Å²) >= 11 is 0. The van der Waals surface area contributed by atoms with Crippen molar-refractivity contribution in [1.29, 1.82) is 0 Å². The van der Waals surface area contributed by atoms with E-state index in [1.807, 2.05) is 121 Å². The highest BCUT2D eigenvalue weighted by Gasteiger charge is 2.30. The molecule has 0 radical (unpaired) electrons. The smallest absolute Gasteiger partial charge is 0.204 e. The van der Waals surface area contributed by atoms with Crippen LogP contribution in [0.4, 0.5) is 0 Å². The van der Waals surface area contributed by atoms with E-state index in [1.165, 1.54) is 0 Å². The molecule has 2 atom stereocenters. The van der Waals surface area contributed by atoms with E-state index in [0.717, 1.165) is 68.5 Å². The number of rotatable bonds is 18. The third kappa shape index (κ3) is 10.4. The molecule has 10 rings (SSSR count). The van der Waals surface area contributed by atoms with Crippen LogP contribution in [0.5, 0.6) is 23.0 Å². The zero-order chi connectivity index (χ0) is 49.4. The van der Waals surface area contributed by atoms with Crippen molar-refractivity contribution in [2.45, 2.75) is 51.7 Å². The van der Waals surface area contributed by atoms with Gasteiger partial charge in [0.15, 0.2) is 0 Å². The van der Waals surface area contributed by atoms with Gasteiger partial charge in [0.05, 0.1) is 11.1 Å². The van der Waals surface area contributed by atoms with Gasteiger partial charge >= 0.3 is 0 Å². The van der Waals surface area contributed by atoms with Crippen molar-refractivity contribution < 1.29 is 24.5 Å². The number of aromatic nitrogens is 8. The number of Topliss-reactive ketones (excluding diaryl/α,β-unsaturated/α-hetero) is 1. The predicted molar refractivity (Wildman–Crippen MR) is 275 cm³/mol. The third-order valence-electron chi connectivity index (χ3n) is 13.0. The minimum Gasteiger partial charge on any atom is -0.507 e. The number of ether oxygens (including phenoxy) is 2. The average molecular weight is 951 g/mol. The van der Waals surface area contributed by atoms with E-state index < -0.39 is 11.8 Å². The fraction of sp³-hybridized carbons (Fsp3) is 0.136. The number of benzene rings is 8. The molecule has 0 bridgehead atoms. The maximum Gasteiger partial charge on any atom is 0.204 e. The van der Waals surface area contributed by atoms with Crippen molar-refractivity contribution in [3.05, 3.63) is 226 Å². The van der Waals surface area contributed by atoms with Crippen molar-refractivity contribution in [1.82, 2.24) is 41.2 Å². The van der Waals surface area contributed by atoms with Crippen LogP contribution in [0.3, 0.4) is 0 Å². The molecule has 72 heavy (non-hydrogen) atoms. The lowest BCUT2D eigenvalue weighted by Gasteiger charge is -2.23. The molecule has 0 saturated heterocycles. The number of aromatic hydroxyl groups is 2. The Morgan fingerprint density at radius 2 is 0.847 bits per heavy atom. The SMILES string of the molecule is CC(C(=O)C(C)c1ccc(OCc2ccc(Cc3cccc(-c4nn[nH]n4)c3)cc2)c(-c2ccccc2)c1O)c1ccc(OCc2ccc(Cc3cccc(-c4nn[nH]n4)c3)cc2)c(-c2ccccc2)c1O. The fourth-order valence-electron chi connectivity index (χ4n) is 9.08. The third-order valence-corrected chi connectivity index (χ3v) is 13.0. The summed E-state index contributed by atoms with van der Waals surface area (Å²) < 4.78 is 12.9. The topological polar surface area (TPSA) is 185 Å². The summed E-state index contributed by atoms with van der Waals surface area (Å²) in [4.78, 5) is 14.6. The first-order valence-corrected chi connectivity index (χ1v) is 23.7. The van der Waals surface area contributed by atoms with Crippen molar-refractivity contribution in [2.24, 2.45) is 0 Å². The lowest BCUT2D eigenvalue weighted by molar-refractivity contribution is -0.121. The van der Waals surface area contributed by atoms with E-state index in [9.17, 15) is 15.0 Å². The first kappa shape index (κ1) is 46.5. The van der Waals surface area contributed by atoms with E-state index in [0.29, 0.717) is 45.4 Å².